The summed E-state index contributed by atoms with van der Waals surface area (Å²) >= 11 is 5.96. The van der Waals surface area contributed by atoms with E-state index in [1.54, 1.807) is 12.1 Å². The van der Waals surface area contributed by atoms with Crippen LogP contribution in [-0.4, -0.2) is 5.78 Å². The molecule has 3 N–H and O–H groups in total. The summed E-state index contributed by atoms with van der Waals surface area (Å²) in [5, 5.41) is 13.2. The Morgan fingerprint density at radius 3 is 2.57 bits per heavy atom. The maximum absolute atomic E-state index is 12.8. The number of allylic oxidation sites excluding steroid dienone is 3. The second-order valence-corrected chi connectivity index (χ2v) is 7.32. The van der Waals surface area contributed by atoms with Gasteiger partial charge in [0, 0.05) is 22.7 Å². The number of hydrogen-bond donors (Lipinski definition) is 2. The highest BCUT2D eigenvalue weighted by Crippen LogP contribution is 2.45. The summed E-state index contributed by atoms with van der Waals surface area (Å²) in [7, 11) is 0. The average molecular weight is 328 g/mol. The van der Waals surface area contributed by atoms with Gasteiger partial charge in [0.05, 0.1) is 17.6 Å². The molecule has 0 bridgehead atoms. The molecule has 0 aromatic heterocycles. The molecular formula is C18H18ClN3O. The summed E-state index contributed by atoms with van der Waals surface area (Å²) in [5.74, 6) is -0.0160. The first-order valence-electron chi connectivity index (χ1n) is 7.51. The molecule has 3 rings (SSSR count). The number of Topliss-reactive ketones (excluding diaryl/α,β-unsaturated/α-hetero) is 1. The first kappa shape index (κ1) is 15.6. The van der Waals surface area contributed by atoms with Gasteiger partial charge in [-0.25, -0.2) is 0 Å². The molecule has 0 saturated carbocycles. The lowest BCUT2D eigenvalue weighted by molar-refractivity contribution is -0.118. The van der Waals surface area contributed by atoms with Crippen molar-refractivity contribution < 1.29 is 4.79 Å². The van der Waals surface area contributed by atoms with Crippen molar-refractivity contribution in [3.63, 3.8) is 0 Å². The van der Waals surface area contributed by atoms with Crippen LogP contribution in [0.5, 0.6) is 0 Å². The Labute approximate surface area is 140 Å². The van der Waals surface area contributed by atoms with Gasteiger partial charge in [0.1, 0.15) is 5.82 Å². The number of nitriles is 1. The van der Waals surface area contributed by atoms with Crippen LogP contribution in [0.15, 0.2) is 46.9 Å². The van der Waals surface area contributed by atoms with Crippen LogP contribution in [0, 0.1) is 16.7 Å². The van der Waals surface area contributed by atoms with Crippen molar-refractivity contribution >= 4 is 17.4 Å². The second kappa shape index (κ2) is 5.43. The molecule has 0 spiro atoms. The lowest BCUT2D eigenvalue weighted by Gasteiger charge is -2.38. The minimum Gasteiger partial charge on any atom is -0.384 e. The quantitative estimate of drug-likeness (QED) is 0.829. The number of nitrogens with one attached hydrogen (secondary N) is 1. The smallest absolute Gasteiger partial charge is 0.162 e. The first-order chi connectivity index (χ1) is 10.8. The number of hydrogen-bond acceptors (Lipinski definition) is 4. The monoisotopic (exact) mass is 327 g/mol. The molecular weight excluding hydrogens is 310 g/mol. The van der Waals surface area contributed by atoms with E-state index in [4.69, 9.17) is 17.3 Å². The summed E-state index contributed by atoms with van der Waals surface area (Å²) in [5.41, 5.74) is 8.69. The maximum Gasteiger partial charge on any atom is 0.162 e. The van der Waals surface area contributed by atoms with Crippen molar-refractivity contribution in [1.82, 2.24) is 5.32 Å². The molecule has 0 radical (unpaired) electrons. The Bertz CT molecular complexity index is 781. The van der Waals surface area contributed by atoms with Crippen molar-refractivity contribution in [3.05, 3.63) is 57.5 Å². The molecule has 1 atom stereocenters. The number of carbonyl (C=O) groups excluding carboxylic acids is 1. The van der Waals surface area contributed by atoms with Crippen molar-refractivity contribution in [2.24, 2.45) is 11.1 Å². The van der Waals surface area contributed by atoms with Crippen LogP contribution in [0.1, 0.15) is 38.2 Å². The van der Waals surface area contributed by atoms with Gasteiger partial charge < -0.3 is 11.1 Å². The van der Waals surface area contributed by atoms with E-state index >= 15 is 0 Å². The fraction of sp³-hybridized carbons (Fsp3) is 0.333. The topological polar surface area (TPSA) is 78.9 Å². The summed E-state index contributed by atoms with van der Waals surface area (Å²) in [6, 6.07) is 9.39. The molecule has 5 heteroatoms. The zero-order valence-corrected chi connectivity index (χ0v) is 13.9. The second-order valence-electron chi connectivity index (χ2n) is 6.88. The normalized spacial score (nSPS) is 23.2. The number of ketones is 1. The van der Waals surface area contributed by atoms with Crippen LogP contribution in [0.4, 0.5) is 0 Å². The third-order valence-electron chi connectivity index (χ3n) is 4.40. The van der Waals surface area contributed by atoms with Crippen LogP contribution in [0.25, 0.3) is 0 Å². The van der Waals surface area contributed by atoms with E-state index in [0.717, 1.165) is 17.7 Å². The molecule has 4 nitrogen and oxygen atoms in total. The zero-order valence-electron chi connectivity index (χ0n) is 13.1. The van der Waals surface area contributed by atoms with E-state index in [2.05, 4.69) is 25.2 Å². The summed E-state index contributed by atoms with van der Waals surface area (Å²) in [6.07, 6.45) is 1.20. The highest BCUT2D eigenvalue weighted by Gasteiger charge is 2.41. The van der Waals surface area contributed by atoms with Crippen molar-refractivity contribution in [3.8, 4) is 6.07 Å². The molecule has 0 fully saturated rings. The van der Waals surface area contributed by atoms with Crippen LogP contribution in [-0.2, 0) is 4.79 Å². The van der Waals surface area contributed by atoms with Gasteiger partial charge in [0.25, 0.3) is 0 Å². The lowest BCUT2D eigenvalue weighted by atomic mass is 9.69. The van der Waals surface area contributed by atoms with Gasteiger partial charge in [0.15, 0.2) is 5.78 Å². The van der Waals surface area contributed by atoms with Crippen molar-refractivity contribution in [2.75, 3.05) is 0 Å². The number of rotatable bonds is 1. The van der Waals surface area contributed by atoms with E-state index in [0.29, 0.717) is 28.4 Å². The van der Waals surface area contributed by atoms with Gasteiger partial charge in [-0.1, -0.05) is 37.6 Å². The fourth-order valence-corrected chi connectivity index (χ4v) is 3.55. The molecule has 1 aromatic rings. The van der Waals surface area contributed by atoms with Gasteiger partial charge >= 0.3 is 0 Å². The zero-order chi connectivity index (χ0) is 16.8. The van der Waals surface area contributed by atoms with E-state index in [1.807, 2.05) is 12.1 Å². The Hall–Kier alpha value is -2.25. The van der Waals surface area contributed by atoms with Crippen LogP contribution < -0.4 is 11.1 Å². The third kappa shape index (κ3) is 2.73. The Morgan fingerprint density at radius 1 is 1.30 bits per heavy atom. The van der Waals surface area contributed by atoms with Crippen LogP contribution in [0.2, 0.25) is 5.02 Å². The highest BCUT2D eigenvalue weighted by atomic mass is 35.5. The SMILES string of the molecule is CC1(C)CC(=O)C2=C(C1)NC(N)=C(C#N)C2c1ccc(Cl)cc1. The van der Waals surface area contributed by atoms with Gasteiger partial charge in [-0.15, -0.1) is 0 Å². The molecule has 0 saturated heterocycles. The Balaban J connectivity index is 2.17. The van der Waals surface area contributed by atoms with Crippen LogP contribution in [0.3, 0.4) is 0 Å². The van der Waals surface area contributed by atoms with E-state index in [1.165, 1.54) is 0 Å². The Kier molecular flexibility index (Phi) is 3.69. The van der Waals surface area contributed by atoms with E-state index < -0.39 is 5.92 Å². The first-order valence-corrected chi connectivity index (χ1v) is 7.88. The molecule has 1 heterocycles. The number of nitrogens with zero attached hydrogens (tertiary/aromatic N) is 1. The summed E-state index contributed by atoms with van der Waals surface area (Å²) in [6.45, 7) is 4.13. The van der Waals surface area contributed by atoms with E-state index in [-0.39, 0.29) is 11.2 Å². The van der Waals surface area contributed by atoms with Gasteiger partial charge in [-0.2, -0.15) is 5.26 Å². The largest absolute Gasteiger partial charge is 0.384 e. The number of nitrogens with two attached hydrogens (primary N) is 1. The number of carbonyl (C=O) groups is 1. The number of halogens is 1. The van der Waals surface area contributed by atoms with Gasteiger partial charge in [0.2, 0.25) is 0 Å². The van der Waals surface area contributed by atoms with Crippen molar-refractivity contribution in [1.29, 1.82) is 5.26 Å². The predicted octanol–water partition coefficient (Wildman–Crippen LogP) is 3.36. The summed E-state index contributed by atoms with van der Waals surface area (Å²) in [4.78, 5) is 12.8. The van der Waals surface area contributed by atoms with Gasteiger partial charge in [-0.3, -0.25) is 4.79 Å². The van der Waals surface area contributed by atoms with Crippen molar-refractivity contribution in [2.45, 2.75) is 32.6 Å². The molecule has 1 aliphatic carbocycles. The predicted molar refractivity (Wildman–Crippen MR) is 89.2 cm³/mol. The summed E-state index contributed by atoms with van der Waals surface area (Å²) < 4.78 is 0. The van der Waals surface area contributed by atoms with Crippen LogP contribution >= 0.6 is 11.6 Å². The lowest BCUT2D eigenvalue weighted by Crippen LogP contribution is -2.39. The molecule has 2 aliphatic rings. The minimum absolute atomic E-state index is 0.0731. The van der Waals surface area contributed by atoms with E-state index in [9.17, 15) is 10.1 Å². The molecule has 1 aromatic carbocycles. The molecule has 0 amide bonds. The Morgan fingerprint density at radius 2 is 1.96 bits per heavy atom. The maximum atomic E-state index is 12.8. The molecule has 1 unspecified atom stereocenters. The highest BCUT2D eigenvalue weighted by molar-refractivity contribution is 6.30. The fourth-order valence-electron chi connectivity index (χ4n) is 3.42. The number of benzene rings is 1. The molecule has 23 heavy (non-hydrogen) atoms. The third-order valence-corrected chi connectivity index (χ3v) is 4.65. The standard InChI is InChI=1S/C18H18ClN3O/c1-18(2)7-13-16(14(23)8-18)15(12(9-20)17(21)22-13)10-3-5-11(19)6-4-10/h3-6,15,22H,7-8,21H2,1-2H3. The number of dihydropyridines is 1. The molecule has 1 aliphatic heterocycles. The van der Waals surface area contributed by atoms with Gasteiger partial charge in [-0.05, 0) is 29.5 Å². The average Bonchev–Trinajstić information content (AvgIpc) is 2.45. The minimum atomic E-state index is -0.419. The molecule has 118 valence electrons.